The van der Waals surface area contributed by atoms with Gasteiger partial charge in [-0.2, -0.15) is 0 Å². The lowest BCUT2D eigenvalue weighted by Crippen LogP contribution is -2.35. The van der Waals surface area contributed by atoms with Crippen LogP contribution in [0.3, 0.4) is 0 Å². The number of hydrogen-bond acceptors (Lipinski definition) is 3. The first-order chi connectivity index (χ1) is 5.93. The van der Waals surface area contributed by atoms with Crippen LogP contribution in [0.2, 0.25) is 0 Å². The molecule has 0 spiro atoms. The third-order valence-corrected chi connectivity index (χ3v) is 2.03. The summed E-state index contributed by atoms with van der Waals surface area (Å²) in [6.45, 7) is 7.56. The molecular formula is C10H21NO2. The standard InChI is InChI=1S/C10H21NO2/c1-7(2)5-6-10(11)8(3)13-9(4)12/h7-8,10H,5-6,11H2,1-4H3. The monoisotopic (exact) mass is 187 g/mol. The minimum absolute atomic E-state index is 0.0358. The first kappa shape index (κ1) is 12.4. The molecule has 0 saturated carbocycles. The molecule has 0 rings (SSSR count). The quantitative estimate of drug-likeness (QED) is 0.666. The van der Waals surface area contributed by atoms with Gasteiger partial charge < -0.3 is 10.5 Å². The van der Waals surface area contributed by atoms with Crippen molar-refractivity contribution < 1.29 is 9.53 Å². The van der Waals surface area contributed by atoms with Crippen molar-refractivity contribution in [2.45, 2.75) is 52.7 Å². The van der Waals surface area contributed by atoms with Gasteiger partial charge in [-0.25, -0.2) is 0 Å². The highest BCUT2D eigenvalue weighted by Crippen LogP contribution is 2.09. The molecule has 0 fully saturated rings. The molecule has 0 aromatic rings. The zero-order valence-electron chi connectivity index (χ0n) is 9.04. The van der Waals surface area contributed by atoms with Crippen LogP contribution in [-0.4, -0.2) is 18.1 Å². The summed E-state index contributed by atoms with van der Waals surface area (Å²) in [5.74, 6) is 0.392. The van der Waals surface area contributed by atoms with Gasteiger partial charge in [0.05, 0.1) is 0 Å². The fourth-order valence-corrected chi connectivity index (χ4v) is 1.11. The zero-order valence-corrected chi connectivity index (χ0v) is 9.04. The second kappa shape index (κ2) is 5.97. The molecule has 3 heteroatoms. The van der Waals surface area contributed by atoms with Crippen LogP contribution >= 0.6 is 0 Å². The van der Waals surface area contributed by atoms with E-state index in [0.29, 0.717) is 5.92 Å². The molecule has 0 radical (unpaired) electrons. The van der Waals surface area contributed by atoms with Gasteiger partial charge in [0, 0.05) is 13.0 Å². The lowest BCUT2D eigenvalue weighted by atomic mass is 10.0. The van der Waals surface area contributed by atoms with Crippen LogP contribution in [0.15, 0.2) is 0 Å². The Hall–Kier alpha value is -0.570. The van der Waals surface area contributed by atoms with Crippen molar-refractivity contribution in [1.82, 2.24) is 0 Å². The average molecular weight is 187 g/mol. The van der Waals surface area contributed by atoms with Crippen LogP contribution in [0, 0.1) is 5.92 Å². The normalized spacial score (nSPS) is 15.5. The van der Waals surface area contributed by atoms with Gasteiger partial charge in [-0.05, 0) is 25.7 Å². The SMILES string of the molecule is CC(=O)OC(C)C(N)CCC(C)C. The van der Waals surface area contributed by atoms with Crippen LogP contribution in [0.5, 0.6) is 0 Å². The van der Waals surface area contributed by atoms with E-state index in [2.05, 4.69) is 13.8 Å². The third kappa shape index (κ3) is 6.58. The largest absolute Gasteiger partial charge is 0.461 e. The highest BCUT2D eigenvalue weighted by Gasteiger charge is 2.15. The van der Waals surface area contributed by atoms with E-state index in [9.17, 15) is 4.79 Å². The molecule has 0 bridgehead atoms. The summed E-state index contributed by atoms with van der Waals surface area (Å²) in [6.07, 6.45) is 1.81. The summed E-state index contributed by atoms with van der Waals surface area (Å²) in [5, 5.41) is 0. The summed E-state index contributed by atoms with van der Waals surface area (Å²) in [7, 11) is 0. The first-order valence-electron chi connectivity index (χ1n) is 4.86. The van der Waals surface area contributed by atoms with Gasteiger partial charge in [0.25, 0.3) is 0 Å². The number of rotatable bonds is 5. The van der Waals surface area contributed by atoms with Gasteiger partial charge in [0.2, 0.25) is 0 Å². The fraction of sp³-hybridized carbons (Fsp3) is 0.900. The Labute approximate surface area is 80.6 Å². The molecule has 3 nitrogen and oxygen atoms in total. The number of ether oxygens (including phenoxy) is 1. The third-order valence-electron chi connectivity index (χ3n) is 2.03. The number of esters is 1. The van der Waals surface area contributed by atoms with E-state index in [1.165, 1.54) is 6.92 Å². The smallest absolute Gasteiger partial charge is 0.302 e. The fourth-order valence-electron chi connectivity index (χ4n) is 1.11. The Bertz CT molecular complexity index is 157. The van der Waals surface area contributed by atoms with Crippen LogP contribution in [-0.2, 0) is 9.53 Å². The maximum absolute atomic E-state index is 10.6. The number of nitrogens with two attached hydrogens (primary N) is 1. The van der Waals surface area contributed by atoms with E-state index in [1.807, 2.05) is 6.92 Å². The highest BCUT2D eigenvalue weighted by molar-refractivity contribution is 5.66. The first-order valence-corrected chi connectivity index (χ1v) is 4.86. The van der Waals surface area contributed by atoms with E-state index >= 15 is 0 Å². The van der Waals surface area contributed by atoms with Crippen LogP contribution < -0.4 is 5.73 Å². The maximum atomic E-state index is 10.6. The summed E-state index contributed by atoms with van der Waals surface area (Å²) >= 11 is 0. The molecule has 0 aromatic carbocycles. The van der Waals surface area contributed by atoms with Gasteiger partial charge in [-0.15, -0.1) is 0 Å². The van der Waals surface area contributed by atoms with E-state index in [0.717, 1.165) is 12.8 Å². The van der Waals surface area contributed by atoms with Crippen molar-refractivity contribution in [1.29, 1.82) is 0 Å². The molecule has 13 heavy (non-hydrogen) atoms. The van der Waals surface area contributed by atoms with Gasteiger partial charge in [-0.1, -0.05) is 13.8 Å². The summed E-state index contributed by atoms with van der Waals surface area (Å²) < 4.78 is 4.98. The molecule has 78 valence electrons. The van der Waals surface area contributed by atoms with Crippen molar-refractivity contribution in [2.24, 2.45) is 11.7 Å². The average Bonchev–Trinajstić information content (AvgIpc) is 1.98. The van der Waals surface area contributed by atoms with E-state index in [4.69, 9.17) is 10.5 Å². The van der Waals surface area contributed by atoms with Crippen molar-refractivity contribution in [3.8, 4) is 0 Å². The van der Waals surface area contributed by atoms with E-state index in [-0.39, 0.29) is 18.1 Å². The second-order valence-corrected chi connectivity index (χ2v) is 3.95. The predicted octanol–water partition coefficient (Wildman–Crippen LogP) is 1.70. The Balaban J connectivity index is 3.68. The van der Waals surface area contributed by atoms with Crippen molar-refractivity contribution in [3.05, 3.63) is 0 Å². The Morgan fingerprint density at radius 1 is 1.31 bits per heavy atom. The van der Waals surface area contributed by atoms with Crippen molar-refractivity contribution in [2.75, 3.05) is 0 Å². The molecule has 0 saturated heterocycles. The Kier molecular flexibility index (Phi) is 5.71. The molecular weight excluding hydrogens is 166 g/mol. The Morgan fingerprint density at radius 2 is 1.85 bits per heavy atom. The van der Waals surface area contributed by atoms with Crippen LogP contribution in [0.4, 0.5) is 0 Å². The molecule has 0 aliphatic heterocycles. The van der Waals surface area contributed by atoms with Gasteiger partial charge >= 0.3 is 5.97 Å². The molecule has 2 unspecified atom stereocenters. The van der Waals surface area contributed by atoms with Gasteiger partial charge in [0.1, 0.15) is 6.10 Å². The number of hydrogen-bond donors (Lipinski definition) is 1. The van der Waals surface area contributed by atoms with Crippen LogP contribution in [0.25, 0.3) is 0 Å². The lowest BCUT2D eigenvalue weighted by Gasteiger charge is -2.20. The molecule has 2 N–H and O–H groups in total. The van der Waals surface area contributed by atoms with Crippen molar-refractivity contribution >= 4 is 5.97 Å². The van der Waals surface area contributed by atoms with Gasteiger partial charge in [-0.3, -0.25) is 4.79 Å². The summed E-state index contributed by atoms with van der Waals surface area (Å²) in [5.41, 5.74) is 5.84. The van der Waals surface area contributed by atoms with E-state index in [1.54, 1.807) is 0 Å². The molecule has 0 heterocycles. The topological polar surface area (TPSA) is 52.3 Å². The Morgan fingerprint density at radius 3 is 2.23 bits per heavy atom. The molecule has 0 amide bonds. The molecule has 2 atom stereocenters. The van der Waals surface area contributed by atoms with Crippen LogP contribution in [0.1, 0.15) is 40.5 Å². The molecule has 0 aliphatic carbocycles. The summed E-state index contributed by atoms with van der Waals surface area (Å²) in [4.78, 5) is 10.6. The van der Waals surface area contributed by atoms with Crippen molar-refractivity contribution in [3.63, 3.8) is 0 Å². The van der Waals surface area contributed by atoms with Gasteiger partial charge in [0.15, 0.2) is 0 Å². The minimum Gasteiger partial charge on any atom is -0.461 e. The zero-order chi connectivity index (χ0) is 10.4. The maximum Gasteiger partial charge on any atom is 0.302 e. The summed E-state index contributed by atoms with van der Waals surface area (Å²) in [6, 6.07) is -0.0358. The predicted molar refractivity (Wildman–Crippen MR) is 53.3 cm³/mol. The second-order valence-electron chi connectivity index (χ2n) is 3.95. The number of carbonyl (C=O) groups is 1. The minimum atomic E-state index is -0.257. The number of carbonyl (C=O) groups excluding carboxylic acids is 1. The highest BCUT2D eigenvalue weighted by atomic mass is 16.5. The van der Waals surface area contributed by atoms with E-state index < -0.39 is 0 Å². The molecule has 0 aliphatic rings. The lowest BCUT2D eigenvalue weighted by molar-refractivity contribution is -0.146. The molecule has 0 aromatic heterocycles.